The van der Waals surface area contributed by atoms with E-state index in [9.17, 15) is 18.3 Å². The monoisotopic (exact) mass is 520 g/mol. The molecule has 1 aliphatic heterocycles. The van der Waals surface area contributed by atoms with Gasteiger partial charge >= 0.3 is 5.97 Å². The van der Waals surface area contributed by atoms with Gasteiger partial charge in [-0.05, 0) is 61.4 Å². The summed E-state index contributed by atoms with van der Waals surface area (Å²) in [6.07, 6.45) is 6.12. The second-order valence-electron chi connectivity index (χ2n) is 10.0. The zero-order valence-corrected chi connectivity index (χ0v) is 21.9. The first-order valence-electron chi connectivity index (χ1n) is 12.9. The maximum Gasteiger partial charge on any atom is 0.339 e. The number of anilines is 1. The smallest absolute Gasteiger partial charge is 0.339 e. The molecule has 1 aliphatic carbocycles. The van der Waals surface area contributed by atoms with Crippen LogP contribution in [0.1, 0.15) is 63.9 Å². The molecule has 0 spiro atoms. The van der Waals surface area contributed by atoms with Crippen LogP contribution in [0.4, 0.5) is 5.69 Å². The SMILES string of the molecule is CCCC1(CCC)OC(=O)C(C(c2cccc(NS(=O)(=O)c3cccc4cccnc34)c2)C2CC2)=C1O. The van der Waals surface area contributed by atoms with E-state index in [4.69, 9.17) is 4.74 Å². The fourth-order valence-corrected chi connectivity index (χ4v) is 6.80. The van der Waals surface area contributed by atoms with Crippen molar-refractivity contribution in [1.82, 2.24) is 4.98 Å². The van der Waals surface area contributed by atoms with Gasteiger partial charge in [-0.2, -0.15) is 0 Å². The lowest BCUT2D eigenvalue weighted by atomic mass is 9.82. The van der Waals surface area contributed by atoms with Crippen molar-refractivity contribution >= 4 is 32.6 Å². The molecule has 2 N–H and O–H groups in total. The predicted molar refractivity (Wildman–Crippen MR) is 143 cm³/mol. The van der Waals surface area contributed by atoms with E-state index in [0.29, 0.717) is 29.6 Å². The third-order valence-corrected chi connectivity index (χ3v) is 8.70. The van der Waals surface area contributed by atoms with Crippen LogP contribution in [0, 0.1) is 5.92 Å². The number of benzene rings is 2. The number of carbonyl (C=O) groups excluding carboxylic acids is 1. The van der Waals surface area contributed by atoms with Gasteiger partial charge in [0.05, 0.1) is 11.1 Å². The Morgan fingerprint density at radius 1 is 1.08 bits per heavy atom. The molecule has 2 heterocycles. The van der Waals surface area contributed by atoms with Crippen LogP contribution in [0.15, 0.2) is 77.0 Å². The second-order valence-corrected chi connectivity index (χ2v) is 11.7. The van der Waals surface area contributed by atoms with E-state index in [1.807, 2.05) is 32.0 Å². The molecular formula is C29H32N2O5S. The molecule has 2 aliphatic rings. The van der Waals surface area contributed by atoms with Crippen molar-refractivity contribution < 1.29 is 23.1 Å². The van der Waals surface area contributed by atoms with Crippen LogP contribution in [0.25, 0.3) is 10.9 Å². The van der Waals surface area contributed by atoms with E-state index in [1.165, 1.54) is 6.07 Å². The average molecular weight is 521 g/mol. The number of aromatic nitrogens is 1. The standard InChI is InChI=1S/C29H32N2O5S/c1-3-15-29(16-4-2)27(32)25(28(33)36-29)24(19-13-14-19)21-9-5-11-22(18-21)31-37(34,35)23-12-6-8-20-10-7-17-30-26(20)23/h5-12,17-19,24,31-32H,3-4,13-16H2,1-2H3. The first-order valence-corrected chi connectivity index (χ1v) is 14.4. The topological polar surface area (TPSA) is 106 Å². The third kappa shape index (κ3) is 4.70. The van der Waals surface area contributed by atoms with E-state index in [1.54, 1.807) is 36.5 Å². The highest BCUT2D eigenvalue weighted by molar-refractivity contribution is 7.93. The molecule has 1 unspecified atom stereocenters. The van der Waals surface area contributed by atoms with Gasteiger partial charge in [0.25, 0.3) is 10.0 Å². The summed E-state index contributed by atoms with van der Waals surface area (Å²) < 4.78 is 35.3. The molecule has 0 bridgehead atoms. The fourth-order valence-electron chi connectivity index (χ4n) is 5.57. The fraction of sp³-hybridized carbons (Fsp3) is 0.379. The largest absolute Gasteiger partial charge is 0.507 e. The molecule has 7 nitrogen and oxygen atoms in total. The van der Waals surface area contributed by atoms with Crippen molar-refractivity contribution in [3.8, 4) is 0 Å². The summed E-state index contributed by atoms with van der Waals surface area (Å²) >= 11 is 0. The summed E-state index contributed by atoms with van der Waals surface area (Å²) in [6, 6.07) is 15.7. The molecule has 0 amide bonds. The third-order valence-electron chi connectivity index (χ3n) is 7.29. The van der Waals surface area contributed by atoms with Gasteiger partial charge in [0.2, 0.25) is 0 Å². The number of rotatable bonds is 10. The number of nitrogens with zero attached hydrogens (tertiary/aromatic N) is 1. The Morgan fingerprint density at radius 3 is 2.49 bits per heavy atom. The van der Waals surface area contributed by atoms with Crippen molar-refractivity contribution in [1.29, 1.82) is 0 Å². The van der Waals surface area contributed by atoms with E-state index < -0.39 is 21.6 Å². The van der Waals surface area contributed by atoms with Crippen LogP contribution in [0.5, 0.6) is 0 Å². The Bertz CT molecular complexity index is 1470. The highest BCUT2D eigenvalue weighted by Crippen LogP contribution is 2.52. The summed E-state index contributed by atoms with van der Waals surface area (Å²) in [5.41, 5.74) is 0.917. The normalized spacial score (nSPS) is 18.2. The quantitative estimate of drug-likeness (QED) is 0.307. The lowest BCUT2D eigenvalue weighted by Gasteiger charge is -2.27. The number of ether oxygens (including phenoxy) is 1. The van der Waals surface area contributed by atoms with Crippen molar-refractivity contribution in [2.75, 3.05) is 4.72 Å². The van der Waals surface area contributed by atoms with Crippen molar-refractivity contribution in [3.63, 3.8) is 0 Å². The summed E-state index contributed by atoms with van der Waals surface area (Å²) in [5, 5.41) is 12.1. The lowest BCUT2D eigenvalue weighted by Crippen LogP contribution is -2.31. The Balaban J connectivity index is 1.51. The van der Waals surface area contributed by atoms with Gasteiger partial charge in [-0.25, -0.2) is 13.2 Å². The van der Waals surface area contributed by atoms with Gasteiger partial charge in [0.15, 0.2) is 5.60 Å². The van der Waals surface area contributed by atoms with Crippen LogP contribution >= 0.6 is 0 Å². The number of aliphatic hydroxyl groups excluding tert-OH is 1. The average Bonchev–Trinajstić information content (AvgIpc) is 3.68. The predicted octanol–water partition coefficient (Wildman–Crippen LogP) is 6.24. The number of carbonyl (C=O) groups is 1. The first-order chi connectivity index (χ1) is 17.8. The minimum Gasteiger partial charge on any atom is -0.507 e. The Morgan fingerprint density at radius 2 is 1.78 bits per heavy atom. The molecule has 8 heteroatoms. The number of aliphatic hydroxyl groups is 1. The molecule has 5 rings (SSSR count). The Labute approximate surface area is 217 Å². The Hall–Kier alpha value is -3.39. The molecule has 194 valence electrons. The molecular weight excluding hydrogens is 488 g/mol. The van der Waals surface area contributed by atoms with E-state index in [-0.39, 0.29) is 22.5 Å². The van der Waals surface area contributed by atoms with Crippen LogP contribution < -0.4 is 4.72 Å². The molecule has 2 aromatic carbocycles. The molecule has 0 radical (unpaired) electrons. The van der Waals surface area contributed by atoms with E-state index in [0.717, 1.165) is 36.6 Å². The van der Waals surface area contributed by atoms with Crippen molar-refractivity contribution in [3.05, 3.63) is 77.7 Å². The number of hydrogen-bond acceptors (Lipinski definition) is 6. The highest BCUT2D eigenvalue weighted by atomic mass is 32.2. The summed E-state index contributed by atoms with van der Waals surface area (Å²) in [5.74, 6) is -0.584. The maximum atomic E-state index is 13.4. The molecule has 1 aromatic heterocycles. The summed E-state index contributed by atoms with van der Waals surface area (Å²) in [6.45, 7) is 4.02. The first kappa shape index (κ1) is 25.3. The maximum absolute atomic E-state index is 13.4. The van der Waals surface area contributed by atoms with E-state index >= 15 is 0 Å². The Kier molecular flexibility index (Phi) is 6.70. The lowest BCUT2D eigenvalue weighted by molar-refractivity contribution is -0.149. The number of sulfonamides is 1. The number of hydrogen-bond donors (Lipinski definition) is 2. The molecule has 0 saturated heterocycles. The number of pyridine rings is 1. The number of nitrogens with one attached hydrogen (secondary N) is 1. The van der Waals surface area contributed by atoms with Crippen LogP contribution in [0.2, 0.25) is 0 Å². The number of esters is 1. The summed E-state index contributed by atoms with van der Waals surface area (Å²) in [7, 11) is -3.93. The highest BCUT2D eigenvalue weighted by Gasteiger charge is 2.51. The molecule has 1 saturated carbocycles. The summed E-state index contributed by atoms with van der Waals surface area (Å²) in [4.78, 5) is 17.5. The van der Waals surface area contributed by atoms with Gasteiger partial charge in [-0.3, -0.25) is 9.71 Å². The number of para-hydroxylation sites is 1. The minimum absolute atomic E-state index is 0.0471. The van der Waals surface area contributed by atoms with E-state index in [2.05, 4.69) is 9.71 Å². The van der Waals surface area contributed by atoms with Gasteiger partial charge in [0.1, 0.15) is 10.7 Å². The van der Waals surface area contributed by atoms with Crippen LogP contribution in [-0.2, 0) is 19.6 Å². The van der Waals surface area contributed by atoms with Gasteiger partial charge in [0, 0.05) is 23.2 Å². The number of fused-ring (bicyclic) bond motifs is 1. The molecule has 1 atom stereocenters. The van der Waals surface area contributed by atoms with Crippen LogP contribution in [0.3, 0.4) is 0 Å². The van der Waals surface area contributed by atoms with Crippen molar-refractivity contribution in [2.24, 2.45) is 5.92 Å². The van der Waals surface area contributed by atoms with Gasteiger partial charge in [-0.15, -0.1) is 0 Å². The molecule has 37 heavy (non-hydrogen) atoms. The zero-order chi connectivity index (χ0) is 26.2. The second kappa shape index (κ2) is 9.82. The van der Waals surface area contributed by atoms with Gasteiger partial charge < -0.3 is 9.84 Å². The molecule has 1 fully saturated rings. The molecule has 3 aromatic rings. The van der Waals surface area contributed by atoms with Gasteiger partial charge in [-0.1, -0.05) is 57.0 Å². The van der Waals surface area contributed by atoms with Crippen LogP contribution in [-0.4, -0.2) is 30.1 Å². The van der Waals surface area contributed by atoms with Crippen molar-refractivity contribution in [2.45, 2.75) is 68.8 Å². The zero-order valence-electron chi connectivity index (χ0n) is 21.1. The minimum atomic E-state index is -3.93. The number of cyclic esters (lactones) is 1.